The SMILES string of the molecule is CCc1ccc(CC(=O)CCC(C)CCN)cc1. The Labute approximate surface area is 111 Å². The van der Waals surface area contributed by atoms with E-state index in [0.717, 1.165) is 24.8 Å². The van der Waals surface area contributed by atoms with Gasteiger partial charge in [0.1, 0.15) is 5.78 Å². The molecule has 0 spiro atoms. The lowest BCUT2D eigenvalue weighted by atomic mass is 9.97. The summed E-state index contributed by atoms with van der Waals surface area (Å²) in [6.07, 6.45) is 4.27. The van der Waals surface area contributed by atoms with Crippen LogP contribution in [0.4, 0.5) is 0 Å². The number of benzene rings is 1. The van der Waals surface area contributed by atoms with Crippen LogP contribution >= 0.6 is 0 Å². The highest BCUT2D eigenvalue weighted by atomic mass is 16.1. The molecular weight excluding hydrogens is 222 g/mol. The summed E-state index contributed by atoms with van der Waals surface area (Å²) >= 11 is 0. The van der Waals surface area contributed by atoms with Gasteiger partial charge in [0.2, 0.25) is 0 Å². The number of aryl methyl sites for hydroxylation is 1. The Kier molecular flexibility index (Phi) is 6.66. The molecule has 0 saturated carbocycles. The smallest absolute Gasteiger partial charge is 0.137 e. The first-order valence-electron chi connectivity index (χ1n) is 6.95. The first kappa shape index (κ1) is 14.9. The minimum Gasteiger partial charge on any atom is -0.330 e. The van der Waals surface area contributed by atoms with E-state index in [9.17, 15) is 4.79 Å². The third-order valence-electron chi connectivity index (χ3n) is 3.41. The molecule has 0 amide bonds. The maximum Gasteiger partial charge on any atom is 0.137 e. The van der Waals surface area contributed by atoms with Gasteiger partial charge < -0.3 is 5.73 Å². The molecule has 0 bridgehead atoms. The standard InChI is InChI=1S/C16H25NO/c1-3-14-5-7-15(8-6-14)12-16(18)9-4-13(2)10-11-17/h5-8,13H,3-4,9-12,17H2,1-2H3. The summed E-state index contributed by atoms with van der Waals surface area (Å²) in [6, 6.07) is 8.36. The molecule has 2 N–H and O–H groups in total. The highest BCUT2D eigenvalue weighted by Gasteiger charge is 2.07. The van der Waals surface area contributed by atoms with E-state index >= 15 is 0 Å². The van der Waals surface area contributed by atoms with E-state index in [2.05, 4.69) is 38.1 Å². The maximum absolute atomic E-state index is 11.8. The third kappa shape index (κ3) is 5.46. The molecule has 1 aromatic carbocycles. The predicted octanol–water partition coefficient (Wildman–Crippen LogP) is 3.13. The van der Waals surface area contributed by atoms with Crippen molar-refractivity contribution < 1.29 is 4.79 Å². The molecule has 1 unspecified atom stereocenters. The Morgan fingerprint density at radius 2 is 1.78 bits per heavy atom. The van der Waals surface area contributed by atoms with Crippen LogP contribution in [0.3, 0.4) is 0 Å². The molecule has 0 aromatic heterocycles. The fourth-order valence-electron chi connectivity index (χ4n) is 2.05. The molecule has 0 heterocycles. The van der Waals surface area contributed by atoms with Crippen molar-refractivity contribution in [3.63, 3.8) is 0 Å². The molecule has 1 rings (SSSR count). The van der Waals surface area contributed by atoms with Gasteiger partial charge in [0.25, 0.3) is 0 Å². The van der Waals surface area contributed by atoms with Crippen LogP contribution in [0.2, 0.25) is 0 Å². The monoisotopic (exact) mass is 247 g/mol. The minimum absolute atomic E-state index is 0.336. The molecule has 0 radical (unpaired) electrons. The second-order valence-electron chi connectivity index (χ2n) is 5.11. The van der Waals surface area contributed by atoms with Crippen molar-refractivity contribution in [3.8, 4) is 0 Å². The first-order valence-corrected chi connectivity index (χ1v) is 6.95. The highest BCUT2D eigenvalue weighted by molar-refractivity contribution is 5.80. The van der Waals surface area contributed by atoms with Gasteiger partial charge in [0, 0.05) is 12.8 Å². The first-order chi connectivity index (χ1) is 8.65. The normalized spacial score (nSPS) is 12.4. The fraction of sp³-hybridized carbons (Fsp3) is 0.562. The summed E-state index contributed by atoms with van der Waals surface area (Å²) < 4.78 is 0. The lowest BCUT2D eigenvalue weighted by Gasteiger charge is -2.09. The topological polar surface area (TPSA) is 43.1 Å². The van der Waals surface area contributed by atoms with E-state index in [1.807, 2.05) is 0 Å². The number of hydrogen-bond acceptors (Lipinski definition) is 2. The van der Waals surface area contributed by atoms with E-state index in [0.29, 0.717) is 31.1 Å². The zero-order valence-electron chi connectivity index (χ0n) is 11.6. The molecule has 100 valence electrons. The van der Waals surface area contributed by atoms with Crippen LogP contribution < -0.4 is 5.73 Å². The van der Waals surface area contributed by atoms with E-state index < -0.39 is 0 Å². The number of nitrogens with two attached hydrogens (primary N) is 1. The fourth-order valence-corrected chi connectivity index (χ4v) is 2.05. The molecule has 0 aliphatic carbocycles. The predicted molar refractivity (Wildman–Crippen MR) is 76.6 cm³/mol. The average molecular weight is 247 g/mol. The van der Waals surface area contributed by atoms with Gasteiger partial charge in [0.05, 0.1) is 0 Å². The Bertz CT molecular complexity index is 356. The molecule has 0 fully saturated rings. The molecule has 2 heteroatoms. The van der Waals surface area contributed by atoms with E-state index in [-0.39, 0.29) is 0 Å². The largest absolute Gasteiger partial charge is 0.330 e. The van der Waals surface area contributed by atoms with Crippen LogP contribution in [0.15, 0.2) is 24.3 Å². The molecule has 0 saturated heterocycles. The molecule has 1 atom stereocenters. The molecule has 0 aliphatic rings. The van der Waals surface area contributed by atoms with Crippen LogP contribution in [0, 0.1) is 5.92 Å². The lowest BCUT2D eigenvalue weighted by molar-refractivity contribution is -0.118. The van der Waals surface area contributed by atoms with Crippen LogP contribution in [0.5, 0.6) is 0 Å². The summed E-state index contributed by atoms with van der Waals surface area (Å²) in [6.45, 7) is 5.02. The zero-order chi connectivity index (χ0) is 13.4. The van der Waals surface area contributed by atoms with E-state index in [1.54, 1.807) is 0 Å². The van der Waals surface area contributed by atoms with Gasteiger partial charge >= 0.3 is 0 Å². The summed E-state index contributed by atoms with van der Waals surface area (Å²) in [5.41, 5.74) is 7.95. The van der Waals surface area contributed by atoms with Gasteiger partial charge in [-0.2, -0.15) is 0 Å². The van der Waals surface area contributed by atoms with E-state index in [4.69, 9.17) is 5.73 Å². The van der Waals surface area contributed by atoms with Gasteiger partial charge in [0.15, 0.2) is 0 Å². The van der Waals surface area contributed by atoms with E-state index in [1.165, 1.54) is 5.56 Å². The summed E-state index contributed by atoms with van der Waals surface area (Å²) in [5.74, 6) is 0.893. The quantitative estimate of drug-likeness (QED) is 0.767. The number of carbonyl (C=O) groups is 1. The molecule has 2 nitrogen and oxygen atoms in total. The molecule has 1 aromatic rings. The molecule has 0 aliphatic heterocycles. The van der Waals surface area contributed by atoms with Gasteiger partial charge in [-0.05, 0) is 42.9 Å². The van der Waals surface area contributed by atoms with Crippen molar-refractivity contribution in [2.75, 3.05) is 6.54 Å². The van der Waals surface area contributed by atoms with Gasteiger partial charge in [-0.15, -0.1) is 0 Å². The number of hydrogen-bond donors (Lipinski definition) is 1. The molecular formula is C16H25NO. The number of carbonyl (C=O) groups excluding carboxylic acids is 1. The second kappa shape index (κ2) is 8.04. The van der Waals surface area contributed by atoms with Crippen LogP contribution in [0.25, 0.3) is 0 Å². The van der Waals surface area contributed by atoms with Crippen molar-refractivity contribution in [1.82, 2.24) is 0 Å². The zero-order valence-corrected chi connectivity index (χ0v) is 11.6. The van der Waals surface area contributed by atoms with Gasteiger partial charge in [-0.1, -0.05) is 38.1 Å². The Morgan fingerprint density at radius 1 is 1.17 bits per heavy atom. The minimum atomic E-state index is 0.336. The Morgan fingerprint density at radius 3 is 2.33 bits per heavy atom. The van der Waals surface area contributed by atoms with Crippen molar-refractivity contribution in [2.24, 2.45) is 11.7 Å². The van der Waals surface area contributed by atoms with Crippen molar-refractivity contribution in [3.05, 3.63) is 35.4 Å². The molecule has 18 heavy (non-hydrogen) atoms. The Hall–Kier alpha value is -1.15. The number of rotatable bonds is 8. The average Bonchev–Trinajstić information content (AvgIpc) is 2.38. The maximum atomic E-state index is 11.8. The van der Waals surface area contributed by atoms with Crippen molar-refractivity contribution >= 4 is 5.78 Å². The van der Waals surface area contributed by atoms with Crippen LogP contribution in [-0.2, 0) is 17.6 Å². The van der Waals surface area contributed by atoms with Crippen molar-refractivity contribution in [1.29, 1.82) is 0 Å². The van der Waals surface area contributed by atoms with Crippen molar-refractivity contribution in [2.45, 2.75) is 46.0 Å². The highest BCUT2D eigenvalue weighted by Crippen LogP contribution is 2.12. The summed E-state index contributed by atoms with van der Waals surface area (Å²) in [4.78, 5) is 11.8. The van der Waals surface area contributed by atoms with Gasteiger partial charge in [-0.25, -0.2) is 0 Å². The number of Topliss-reactive ketones (excluding diaryl/α,β-unsaturated/α-hetero) is 1. The summed E-state index contributed by atoms with van der Waals surface area (Å²) in [5, 5.41) is 0. The second-order valence-corrected chi connectivity index (χ2v) is 5.11. The Balaban J connectivity index is 2.35. The third-order valence-corrected chi connectivity index (χ3v) is 3.41. The van der Waals surface area contributed by atoms with Gasteiger partial charge in [-0.3, -0.25) is 4.79 Å². The van der Waals surface area contributed by atoms with Crippen LogP contribution in [0.1, 0.15) is 44.2 Å². The lowest BCUT2D eigenvalue weighted by Crippen LogP contribution is -2.09. The number of ketones is 1. The van der Waals surface area contributed by atoms with Crippen LogP contribution in [-0.4, -0.2) is 12.3 Å². The summed E-state index contributed by atoms with van der Waals surface area (Å²) in [7, 11) is 0.